The van der Waals surface area contributed by atoms with Crippen molar-refractivity contribution in [1.29, 1.82) is 0 Å². The summed E-state index contributed by atoms with van der Waals surface area (Å²) in [4.78, 5) is 27.7. The zero-order valence-corrected chi connectivity index (χ0v) is 20.2. The number of ether oxygens (including phenoxy) is 3. The van der Waals surface area contributed by atoms with Crippen LogP contribution in [0.4, 0.5) is 5.69 Å². The van der Waals surface area contributed by atoms with Crippen LogP contribution in [-0.2, 0) is 29.1 Å². The quantitative estimate of drug-likeness (QED) is 0.517. The van der Waals surface area contributed by atoms with Gasteiger partial charge in [0.05, 0.1) is 20.6 Å². The summed E-state index contributed by atoms with van der Waals surface area (Å²) in [5.74, 6) is 1.92. The predicted molar refractivity (Wildman–Crippen MR) is 134 cm³/mol. The third kappa shape index (κ3) is 5.93. The highest BCUT2D eigenvalue weighted by Crippen LogP contribution is 2.30. The SMILES string of the molecule is CC[C@H]1Oc2ccc(NC(=O)Cc3cccc(OC)c3)cc2CN(Cc2cccc(OC)c2)C1=O. The molecule has 0 saturated heterocycles. The Morgan fingerprint density at radius 2 is 1.69 bits per heavy atom. The molecule has 1 N–H and O–H groups in total. The van der Waals surface area contributed by atoms with Crippen LogP contribution in [0.5, 0.6) is 17.2 Å². The smallest absolute Gasteiger partial charge is 0.264 e. The largest absolute Gasteiger partial charge is 0.497 e. The number of benzene rings is 3. The van der Waals surface area contributed by atoms with Crippen molar-refractivity contribution < 1.29 is 23.8 Å². The number of rotatable bonds is 8. The topological polar surface area (TPSA) is 77.1 Å². The van der Waals surface area contributed by atoms with Crippen molar-refractivity contribution in [2.45, 2.75) is 39.0 Å². The summed E-state index contributed by atoms with van der Waals surface area (Å²) in [5.41, 5.74) is 3.33. The molecule has 182 valence electrons. The summed E-state index contributed by atoms with van der Waals surface area (Å²) in [6.45, 7) is 2.74. The van der Waals surface area contributed by atoms with Gasteiger partial charge >= 0.3 is 0 Å². The van der Waals surface area contributed by atoms with Crippen molar-refractivity contribution in [1.82, 2.24) is 4.90 Å². The molecule has 0 saturated carbocycles. The predicted octanol–water partition coefficient (Wildman–Crippen LogP) is 4.58. The molecule has 0 spiro atoms. The van der Waals surface area contributed by atoms with Gasteiger partial charge in [0.2, 0.25) is 5.91 Å². The van der Waals surface area contributed by atoms with Gasteiger partial charge < -0.3 is 24.4 Å². The van der Waals surface area contributed by atoms with Gasteiger partial charge in [-0.05, 0) is 60.0 Å². The van der Waals surface area contributed by atoms with E-state index in [0.29, 0.717) is 36.7 Å². The lowest BCUT2D eigenvalue weighted by molar-refractivity contribution is -0.139. The molecule has 35 heavy (non-hydrogen) atoms. The van der Waals surface area contributed by atoms with E-state index in [1.165, 1.54) is 0 Å². The lowest BCUT2D eigenvalue weighted by atomic mass is 10.1. The number of nitrogens with zero attached hydrogens (tertiary/aromatic N) is 1. The Morgan fingerprint density at radius 1 is 1.00 bits per heavy atom. The Hall–Kier alpha value is -4.00. The third-order valence-corrected chi connectivity index (χ3v) is 5.94. The van der Waals surface area contributed by atoms with E-state index in [1.807, 2.05) is 67.6 Å². The minimum Gasteiger partial charge on any atom is -0.497 e. The van der Waals surface area contributed by atoms with Crippen LogP contribution in [0.25, 0.3) is 0 Å². The van der Waals surface area contributed by atoms with Crippen molar-refractivity contribution in [3.8, 4) is 17.2 Å². The van der Waals surface area contributed by atoms with Crippen molar-refractivity contribution in [3.05, 3.63) is 83.4 Å². The molecule has 1 aliphatic heterocycles. The summed E-state index contributed by atoms with van der Waals surface area (Å²) in [6, 6.07) is 20.6. The highest BCUT2D eigenvalue weighted by molar-refractivity contribution is 5.92. The third-order valence-electron chi connectivity index (χ3n) is 5.94. The number of carbonyl (C=O) groups is 2. The van der Waals surface area contributed by atoms with Crippen LogP contribution in [0, 0.1) is 0 Å². The van der Waals surface area contributed by atoms with Gasteiger partial charge in [-0.3, -0.25) is 9.59 Å². The Kier molecular flexibility index (Phi) is 7.55. The Labute approximate surface area is 205 Å². The monoisotopic (exact) mass is 474 g/mol. The van der Waals surface area contributed by atoms with E-state index in [1.54, 1.807) is 25.2 Å². The van der Waals surface area contributed by atoms with E-state index in [0.717, 1.165) is 22.4 Å². The number of nitrogens with one attached hydrogen (secondary N) is 1. The first-order valence-electron chi connectivity index (χ1n) is 11.6. The maximum Gasteiger partial charge on any atom is 0.264 e. The number of amides is 2. The molecule has 4 rings (SSSR count). The molecule has 3 aromatic rings. The van der Waals surface area contributed by atoms with Crippen LogP contribution in [0.2, 0.25) is 0 Å². The van der Waals surface area contributed by atoms with Crippen molar-refractivity contribution >= 4 is 17.5 Å². The molecule has 1 aliphatic rings. The summed E-state index contributed by atoms with van der Waals surface area (Å²) >= 11 is 0. The summed E-state index contributed by atoms with van der Waals surface area (Å²) < 4.78 is 16.6. The number of fused-ring (bicyclic) bond motifs is 1. The molecule has 0 unspecified atom stereocenters. The molecule has 0 aromatic heterocycles. The van der Waals surface area contributed by atoms with E-state index in [2.05, 4.69) is 5.32 Å². The number of methoxy groups -OCH3 is 2. The van der Waals surface area contributed by atoms with Gasteiger partial charge in [0, 0.05) is 24.3 Å². The van der Waals surface area contributed by atoms with Crippen LogP contribution in [0.3, 0.4) is 0 Å². The molecule has 0 aliphatic carbocycles. The molecule has 3 aromatic carbocycles. The average molecular weight is 475 g/mol. The Bertz CT molecular complexity index is 1210. The fourth-order valence-corrected chi connectivity index (χ4v) is 4.14. The lowest BCUT2D eigenvalue weighted by Crippen LogP contribution is -2.38. The molecule has 7 nitrogen and oxygen atoms in total. The maximum absolute atomic E-state index is 13.2. The average Bonchev–Trinajstić information content (AvgIpc) is 3.00. The van der Waals surface area contributed by atoms with Crippen LogP contribution < -0.4 is 19.5 Å². The van der Waals surface area contributed by atoms with E-state index in [4.69, 9.17) is 14.2 Å². The molecule has 1 atom stereocenters. The van der Waals surface area contributed by atoms with Crippen LogP contribution in [-0.4, -0.2) is 37.0 Å². The second-order valence-electron chi connectivity index (χ2n) is 8.46. The van der Waals surface area contributed by atoms with Gasteiger partial charge in [-0.2, -0.15) is 0 Å². The van der Waals surface area contributed by atoms with Gasteiger partial charge in [-0.15, -0.1) is 0 Å². The van der Waals surface area contributed by atoms with E-state index >= 15 is 0 Å². The fraction of sp³-hybridized carbons (Fsp3) is 0.286. The minimum absolute atomic E-state index is 0.0601. The zero-order valence-electron chi connectivity index (χ0n) is 20.2. The number of carbonyl (C=O) groups excluding carboxylic acids is 2. The van der Waals surface area contributed by atoms with E-state index in [-0.39, 0.29) is 18.2 Å². The first-order chi connectivity index (χ1) is 17.0. The second kappa shape index (κ2) is 11.0. The summed E-state index contributed by atoms with van der Waals surface area (Å²) in [6.07, 6.45) is 0.227. The van der Waals surface area contributed by atoms with Crippen LogP contribution in [0.15, 0.2) is 66.7 Å². The molecule has 0 fully saturated rings. The fourth-order valence-electron chi connectivity index (χ4n) is 4.14. The second-order valence-corrected chi connectivity index (χ2v) is 8.46. The first kappa shape index (κ1) is 24.1. The van der Waals surface area contributed by atoms with Gasteiger partial charge in [-0.25, -0.2) is 0 Å². The van der Waals surface area contributed by atoms with Gasteiger partial charge in [0.1, 0.15) is 17.2 Å². The maximum atomic E-state index is 13.2. The number of anilines is 1. The molecule has 0 radical (unpaired) electrons. The number of hydrogen-bond acceptors (Lipinski definition) is 5. The standard InChI is InChI=1S/C28H30N2O5/c1-4-25-28(32)30(17-20-8-6-10-24(14-20)34-3)18-21-16-22(11-12-26(21)35-25)29-27(31)15-19-7-5-9-23(13-19)33-2/h5-14,16,25H,4,15,17-18H2,1-3H3,(H,29,31)/t25-/m1/s1. The van der Waals surface area contributed by atoms with Crippen molar-refractivity contribution in [2.24, 2.45) is 0 Å². The van der Waals surface area contributed by atoms with E-state index < -0.39 is 6.10 Å². The van der Waals surface area contributed by atoms with E-state index in [9.17, 15) is 9.59 Å². The highest BCUT2D eigenvalue weighted by atomic mass is 16.5. The lowest BCUT2D eigenvalue weighted by Gasteiger charge is -2.23. The normalized spacial score (nSPS) is 15.0. The van der Waals surface area contributed by atoms with Gasteiger partial charge in [-0.1, -0.05) is 31.2 Å². The zero-order chi connectivity index (χ0) is 24.8. The highest BCUT2D eigenvalue weighted by Gasteiger charge is 2.30. The Morgan fingerprint density at radius 3 is 2.37 bits per heavy atom. The Balaban J connectivity index is 1.52. The van der Waals surface area contributed by atoms with Gasteiger partial charge in [0.25, 0.3) is 5.91 Å². The summed E-state index contributed by atoms with van der Waals surface area (Å²) in [5, 5.41) is 2.96. The van der Waals surface area contributed by atoms with Crippen LogP contribution >= 0.6 is 0 Å². The number of hydrogen-bond donors (Lipinski definition) is 1. The molecular formula is C28H30N2O5. The molecule has 7 heteroatoms. The molecule has 2 amide bonds. The first-order valence-corrected chi connectivity index (χ1v) is 11.6. The summed E-state index contributed by atoms with van der Waals surface area (Å²) in [7, 11) is 3.22. The van der Waals surface area contributed by atoms with Crippen LogP contribution in [0.1, 0.15) is 30.0 Å². The van der Waals surface area contributed by atoms with Crippen molar-refractivity contribution in [3.63, 3.8) is 0 Å². The molecule has 0 bridgehead atoms. The molecular weight excluding hydrogens is 444 g/mol. The van der Waals surface area contributed by atoms with Crippen molar-refractivity contribution in [2.75, 3.05) is 19.5 Å². The van der Waals surface area contributed by atoms with Gasteiger partial charge in [0.15, 0.2) is 6.10 Å². The minimum atomic E-state index is -0.560. The molecule has 1 heterocycles.